The van der Waals surface area contributed by atoms with Crippen LogP contribution in [0.25, 0.3) is 0 Å². The highest BCUT2D eigenvalue weighted by Gasteiger charge is 2.19. The summed E-state index contributed by atoms with van der Waals surface area (Å²) in [5.74, 6) is 1.86. The lowest BCUT2D eigenvalue weighted by atomic mass is 10.1. The van der Waals surface area contributed by atoms with Crippen molar-refractivity contribution in [2.24, 2.45) is 0 Å². The van der Waals surface area contributed by atoms with E-state index >= 15 is 0 Å². The van der Waals surface area contributed by atoms with Crippen LogP contribution in [0.3, 0.4) is 0 Å². The highest BCUT2D eigenvalue weighted by atomic mass is 32.1. The Kier molecular flexibility index (Phi) is 9.38. The van der Waals surface area contributed by atoms with Crippen LogP contribution in [-0.2, 0) is 11.2 Å². The van der Waals surface area contributed by atoms with E-state index in [9.17, 15) is 4.79 Å². The highest BCUT2D eigenvalue weighted by Crippen LogP contribution is 2.22. The molecule has 160 valence electrons. The van der Waals surface area contributed by atoms with Crippen LogP contribution in [0.5, 0.6) is 5.75 Å². The first-order chi connectivity index (χ1) is 14.0. The minimum absolute atomic E-state index is 0.223. The molecule has 0 atom stereocenters. The van der Waals surface area contributed by atoms with E-state index in [1.54, 1.807) is 7.11 Å². The molecule has 7 heteroatoms. The van der Waals surface area contributed by atoms with Crippen molar-refractivity contribution >= 4 is 22.6 Å². The molecular formula is C22H34N4O2S. The van der Waals surface area contributed by atoms with Gasteiger partial charge in [-0.2, -0.15) is 4.37 Å². The zero-order chi connectivity index (χ0) is 21.2. The van der Waals surface area contributed by atoms with Gasteiger partial charge in [-0.3, -0.25) is 4.79 Å². The van der Waals surface area contributed by atoms with Crippen LogP contribution < -0.4 is 9.64 Å². The third-order valence-electron chi connectivity index (χ3n) is 4.73. The van der Waals surface area contributed by atoms with E-state index in [2.05, 4.69) is 43.0 Å². The topological polar surface area (TPSA) is 58.6 Å². The maximum atomic E-state index is 12.6. The molecule has 1 aromatic carbocycles. The Hall–Kier alpha value is -2.15. The third kappa shape index (κ3) is 6.99. The first kappa shape index (κ1) is 23.1. The molecule has 0 radical (unpaired) electrons. The molecule has 6 nitrogen and oxygen atoms in total. The molecule has 0 unspecified atom stereocenters. The smallest absolute Gasteiger partial charge is 0.224 e. The van der Waals surface area contributed by atoms with Gasteiger partial charge in [0.1, 0.15) is 11.6 Å². The van der Waals surface area contributed by atoms with Crippen LogP contribution in [0, 0.1) is 0 Å². The Morgan fingerprint density at radius 3 is 2.52 bits per heavy atom. The van der Waals surface area contributed by atoms with Gasteiger partial charge in [0.2, 0.25) is 11.0 Å². The molecule has 0 saturated heterocycles. The van der Waals surface area contributed by atoms with Gasteiger partial charge in [-0.15, -0.1) is 0 Å². The van der Waals surface area contributed by atoms with Gasteiger partial charge in [-0.25, -0.2) is 4.98 Å². The third-order valence-corrected chi connectivity index (χ3v) is 5.52. The normalized spacial score (nSPS) is 11.0. The van der Waals surface area contributed by atoms with E-state index < -0.39 is 0 Å². The van der Waals surface area contributed by atoms with Crippen molar-refractivity contribution in [1.29, 1.82) is 0 Å². The number of benzene rings is 1. The van der Waals surface area contributed by atoms with Gasteiger partial charge in [-0.1, -0.05) is 26.0 Å². The van der Waals surface area contributed by atoms with Gasteiger partial charge in [0, 0.05) is 50.1 Å². The van der Waals surface area contributed by atoms with E-state index in [0.717, 1.165) is 48.2 Å². The number of hydrogen-bond donors (Lipinski definition) is 0. The van der Waals surface area contributed by atoms with Crippen molar-refractivity contribution in [1.82, 2.24) is 14.3 Å². The quantitative estimate of drug-likeness (QED) is 0.512. The van der Waals surface area contributed by atoms with Gasteiger partial charge >= 0.3 is 0 Å². The number of methoxy groups -OCH3 is 1. The standard InChI is InChI=1S/C22H34N4O2S/c1-6-12-25(13-7-2)21(27)11-14-26(17(3)4)22-23-20(24-29-22)16-18-9-8-10-19(15-18)28-5/h8-10,15,17H,6-7,11-14,16H2,1-5H3. The molecule has 2 aromatic rings. The Morgan fingerprint density at radius 2 is 1.90 bits per heavy atom. The second-order valence-corrected chi connectivity index (χ2v) is 8.17. The van der Waals surface area contributed by atoms with Crippen molar-refractivity contribution in [3.8, 4) is 5.75 Å². The summed E-state index contributed by atoms with van der Waals surface area (Å²) in [7, 11) is 1.67. The van der Waals surface area contributed by atoms with Crippen LogP contribution in [0.1, 0.15) is 58.3 Å². The first-order valence-corrected chi connectivity index (χ1v) is 11.3. The zero-order valence-electron chi connectivity index (χ0n) is 18.4. The molecule has 0 aliphatic carbocycles. The SMILES string of the molecule is CCCN(CCC)C(=O)CCN(c1nc(Cc2cccc(OC)c2)ns1)C(C)C. The summed E-state index contributed by atoms with van der Waals surface area (Å²) in [5.41, 5.74) is 1.12. The largest absolute Gasteiger partial charge is 0.497 e. The van der Waals surface area contributed by atoms with Crippen LogP contribution in [0.4, 0.5) is 5.13 Å². The number of aromatic nitrogens is 2. The Bertz CT molecular complexity index is 757. The molecule has 29 heavy (non-hydrogen) atoms. The Balaban J connectivity index is 2.02. The molecule has 0 bridgehead atoms. The monoisotopic (exact) mass is 418 g/mol. The van der Waals surface area contributed by atoms with Crippen molar-refractivity contribution in [3.63, 3.8) is 0 Å². The van der Waals surface area contributed by atoms with Crippen molar-refractivity contribution in [2.45, 2.75) is 59.4 Å². The maximum Gasteiger partial charge on any atom is 0.224 e. The van der Waals surface area contributed by atoms with Crippen LogP contribution in [-0.4, -0.2) is 53.0 Å². The fourth-order valence-electron chi connectivity index (χ4n) is 3.25. The molecule has 2 rings (SSSR count). The van der Waals surface area contributed by atoms with Crippen molar-refractivity contribution in [3.05, 3.63) is 35.7 Å². The average Bonchev–Trinajstić information content (AvgIpc) is 3.15. The molecule has 0 fully saturated rings. The second kappa shape index (κ2) is 11.8. The summed E-state index contributed by atoms with van der Waals surface area (Å²) in [5, 5.41) is 0.878. The molecule has 0 N–H and O–H groups in total. The van der Waals surface area contributed by atoms with Gasteiger partial charge < -0.3 is 14.5 Å². The van der Waals surface area contributed by atoms with Crippen molar-refractivity contribution in [2.75, 3.05) is 31.6 Å². The number of carbonyl (C=O) groups excluding carboxylic acids is 1. The number of anilines is 1. The minimum Gasteiger partial charge on any atom is -0.497 e. The molecule has 0 aliphatic rings. The van der Waals surface area contributed by atoms with E-state index in [0.29, 0.717) is 19.4 Å². The Labute approximate surface area is 179 Å². The van der Waals surface area contributed by atoms with E-state index in [1.165, 1.54) is 11.5 Å². The molecule has 1 heterocycles. The highest BCUT2D eigenvalue weighted by molar-refractivity contribution is 7.09. The predicted octanol–water partition coefficient (Wildman–Crippen LogP) is 4.39. The fourth-order valence-corrected chi connectivity index (χ4v) is 4.09. The average molecular weight is 419 g/mol. The lowest BCUT2D eigenvalue weighted by Crippen LogP contribution is -2.38. The molecule has 1 amide bonds. The molecule has 0 aliphatic heterocycles. The maximum absolute atomic E-state index is 12.6. The number of carbonyl (C=O) groups is 1. The molecule has 1 aromatic heterocycles. The van der Waals surface area contributed by atoms with E-state index in [-0.39, 0.29) is 11.9 Å². The lowest BCUT2D eigenvalue weighted by Gasteiger charge is -2.27. The second-order valence-electron chi connectivity index (χ2n) is 7.44. The number of hydrogen-bond acceptors (Lipinski definition) is 6. The summed E-state index contributed by atoms with van der Waals surface area (Å²) in [4.78, 5) is 21.5. The van der Waals surface area contributed by atoms with Gasteiger partial charge in [0.15, 0.2) is 0 Å². The van der Waals surface area contributed by atoms with Crippen molar-refractivity contribution < 1.29 is 9.53 Å². The lowest BCUT2D eigenvalue weighted by molar-refractivity contribution is -0.131. The number of amides is 1. The molecule has 0 spiro atoms. The molecule has 0 saturated carbocycles. The first-order valence-electron chi connectivity index (χ1n) is 10.5. The summed E-state index contributed by atoms with van der Waals surface area (Å²) in [6, 6.07) is 8.23. The van der Waals surface area contributed by atoms with Gasteiger partial charge in [-0.05, 0) is 44.4 Å². The van der Waals surface area contributed by atoms with E-state index in [4.69, 9.17) is 9.72 Å². The number of nitrogens with zero attached hydrogens (tertiary/aromatic N) is 4. The number of rotatable bonds is 12. The van der Waals surface area contributed by atoms with E-state index in [1.807, 2.05) is 23.1 Å². The van der Waals surface area contributed by atoms with Gasteiger partial charge in [0.25, 0.3) is 0 Å². The summed E-state index contributed by atoms with van der Waals surface area (Å²) in [6.45, 7) is 10.8. The number of ether oxygens (including phenoxy) is 1. The minimum atomic E-state index is 0.223. The van der Waals surface area contributed by atoms with Gasteiger partial charge in [0.05, 0.1) is 7.11 Å². The Morgan fingerprint density at radius 1 is 1.17 bits per heavy atom. The summed E-state index contributed by atoms with van der Waals surface area (Å²) >= 11 is 1.40. The van der Waals surface area contributed by atoms with Crippen LogP contribution in [0.15, 0.2) is 24.3 Å². The predicted molar refractivity (Wildman–Crippen MR) is 120 cm³/mol. The fraction of sp³-hybridized carbons (Fsp3) is 0.591. The summed E-state index contributed by atoms with van der Waals surface area (Å²) in [6.07, 6.45) is 3.15. The van der Waals surface area contributed by atoms with Crippen LogP contribution >= 0.6 is 11.5 Å². The summed E-state index contributed by atoms with van der Waals surface area (Å²) < 4.78 is 9.84. The zero-order valence-corrected chi connectivity index (χ0v) is 19.2. The molecular weight excluding hydrogens is 384 g/mol. The van der Waals surface area contributed by atoms with Crippen LogP contribution in [0.2, 0.25) is 0 Å².